The molecule has 0 radical (unpaired) electrons. The number of rotatable bonds is 3. The molecule has 0 aliphatic carbocycles. The third-order valence-corrected chi connectivity index (χ3v) is 2.76. The zero-order chi connectivity index (χ0) is 12.4. The van der Waals surface area contributed by atoms with E-state index in [0.717, 1.165) is 5.56 Å². The molecule has 2 atom stereocenters. The van der Waals surface area contributed by atoms with Crippen LogP contribution < -0.4 is 15.8 Å². The van der Waals surface area contributed by atoms with Crippen LogP contribution in [0.15, 0.2) is 18.2 Å². The van der Waals surface area contributed by atoms with Crippen molar-refractivity contribution in [1.82, 2.24) is 0 Å². The Kier molecular flexibility index (Phi) is 3.31. The molecule has 1 aromatic carbocycles. The fourth-order valence-corrected chi connectivity index (χ4v) is 1.75. The molecular weight excluding hydrogens is 220 g/mol. The number of nitrogens with two attached hydrogens (primary N) is 1. The van der Waals surface area contributed by atoms with E-state index in [-0.39, 0.29) is 5.91 Å². The van der Waals surface area contributed by atoms with E-state index in [1.807, 2.05) is 0 Å². The highest BCUT2D eigenvalue weighted by molar-refractivity contribution is 5.97. The molecule has 92 valence electrons. The quantitative estimate of drug-likeness (QED) is 0.724. The van der Waals surface area contributed by atoms with Crippen LogP contribution >= 0.6 is 0 Å². The minimum Gasteiger partial charge on any atom is -0.479 e. The number of aliphatic hydroxyl groups excluding tert-OH is 1. The molecule has 0 fully saturated rings. The number of fused-ring (bicyclic) bond motifs is 1. The predicted octanol–water partition coefficient (Wildman–Crippen LogP) is 0.788. The molecule has 1 amide bonds. The number of aliphatic hydroxyl groups is 1. The normalized spacial score (nSPS) is 20.2. The summed E-state index contributed by atoms with van der Waals surface area (Å²) in [6.45, 7) is 2.10. The van der Waals surface area contributed by atoms with Crippen molar-refractivity contribution in [3.8, 4) is 5.75 Å². The van der Waals surface area contributed by atoms with Gasteiger partial charge in [-0.05, 0) is 37.6 Å². The molecular formula is C12H16N2O3. The minimum absolute atomic E-state index is 0.159. The average Bonchev–Trinajstić information content (AvgIpc) is 2.30. The van der Waals surface area contributed by atoms with Crippen LogP contribution in [0.25, 0.3) is 0 Å². The predicted molar refractivity (Wildman–Crippen MR) is 63.8 cm³/mol. The number of carbonyl (C=O) groups excluding carboxylic acids is 1. The van der Waals surface area contributed by atoms with Crippen LogP contribution in [0.3, 0.4) is 0 Å². The monoisotopic (exact) mass is 236 g/mol. The molecule has 5 nitrogen and oxygen atoms in total. The van der Waals surface area contributed by atoms with Crippen LogP contribution in [-0.4, -0.2) is 23.7 Å². The van der Waals surface area contributed by atoms with E-state index in [2.05, 4.69) is 5.32 Å². The fraction of sp³-hybridized carbons (Fsp3) is 0.417. The van der Waals surface area contributed by atoms with Gasteiger partial charge in [0.05, 0.1) is 11.8 Å². The van der Waals surface area contributed by atoms with E-state index < -0.39 is 12.2 Å². The number of ether oxygens (including phenoxy) is 1. The molecule has 5 heteroatoms. The summed E-state index contributed by atoms with van der Waals surface area (Å²) in [6, 6.07) is 5.23. The number of amides is 1. The molecule has 1 aliphatic rings. The topological polar surface area (TPSA) is 84.6 Å². The fourth-order valence-electron chi connectivity index (χ4n) is 1.75. The molecule has 0 saturated carbocycles. The molecule has 4 N–H and O–H groups in total. The first-order valence-electron chi connectivity index (χ1n) is 5.61. The second-order valence-electron chi connectivity index (χ2n) is 4.10. The molecule has 17 heavy (non-hydrogen) atoms. The van der Waals surface area contributed by atoms with Crippen molar-refractivity contribution in [3.05, 3.63) is 23.8 Å². The summed E-state index contributed by atoms with van der Waals surface area (Å²) >= 11 is 0. The minimum atomic E-state index is -0.596. The van der Waals surface area contributed by atoms with E-state index in [1.165, 1.54) is 0 Å². The molecule has 0 saturated heterocycles. The molecule has 1 aromatic rings. The average molecular weight is 236 g/mol. The van der Waals surface area contributed by atoms with Crippen LogP contribution in [0.2, 0.25) is 0 Å². The van der Waals surface area contributed by atoms with Gasteiger partial charge in [-0.1, -0.05) is 6.07 Å². The van der Waals surface area contributed by atoms with Crippen LogP contribution in [-0.2, 0) is 4.79 Å². The van der Waals surface area contributed by atoms with Gasteiger partial charge in [0.2, 0.25) is 0 Å². The van der Waals surface area contributed by atoms with Crippen LogP contribution in [0.4, 0.5) is 5.69 Å². The molecule has 1 heterocycles. The van der Waals surface area contributed by atoms with Crippen molar-refractivity contribution in [2.45, 2.75) is 25.6 Å². The Labute approximate surface area is 99.6 Å². The van der Waals surface area contributed by atoms with Crippen LogP contribution in [0.5, 0.6) is 5.75 Å². The lowest BCUT2D eigenvalue weighted by atomic mass is 10.0. The number of nitrogens with one attached hydrogen (secondary N) is 1. The Morgan fingerprint density at radius 2 is 2.35 bits per heavy atom. The summed E-state index contributed by atoms with van der Waals surface area (Å²) in [4.78, 5) is 11.4. The third kappa shape index (κ3) is 2.40. The first-order valence-corrected chi connectivity index (χ1v) is 5.61. The SMILES string of the molecule is CC1Oc2cc(C(O)CCN)ccc2NC1=O. The van der Waals surface area contributed by atoms with Crippen LogP contribution in [0.1, 0.15) is 25.0 Å². The number of hydrogen-bond donors (Lipinski definition) is 3. The number of hydrogen-bond acceptors (Lipinski definition) is 4. The smallest absolute Gasteiger partial charge is 0.265 e. The van der Waals surface area contributed by atoms with Crippen molar-refractivity contribution in [1.29, 1.82) is 0 Å². The van der Waals surface area contributed by atoms with E-state index in [0.29, 0.717) is 24.4 Å². The summed E-state index contributed by atoms with van der Waals surface area (Å²) in [5.74, 6) is 0.429. The van der Waals surface area contributed by atoms with Crippen molar-refractivity contribution < 1.29 is 14.6 Å². The van der Waals surface area contributed by atoms with Gasteiger partial charge in [0.15, 0.2) is 6.10 Å². The summed E-state index contributed by atoms with van der Waals surface area (Å²) in [5.41, 5.74) is 6.78. The Hall–Kier alpha value is -1.59. The second kappa shape index (κ2) is 4.73. The summed E-state index contributed by atoms with van der Waals surface area (Å²) < 4.78 is 5.46. The van der Waals surface area contributed by atoms with E-state index >= 15 is 0 Å². The van der Waals surface area contributed by atoms with Gasteiger partial charge < -0.3 is 20.9 Å². The lowest BCUT2D eigenvalue weighted by Gasteiger charge is -2.24. The summed E-state index contributed by atoms with van der Waals surface area (Å²) in [5, 5.41) is 12.6. The van der Waals surface area contributed by atoms with Crippen molar-refractivity contribution >= 4 is 11.6 Å². The summed E-state index contributed by atoms with van der Waals surface area (Å²) in [6.07, 6.45) is -0.605. The standard InChI is InChI=1S/C12H16N2O3/c1-7-12(16)14-9-3-2-8(6-11(9)17-7)10(15)4-5-13/h2-3,6-7,10,15H,4-5,13H2,1H3,(H,14,16). The van der Waals surface area contributed by atoms with Gasteiger partial charge in [-0.3, -0.25) is 4.79 Å². The van der Waals surface area contributed by atoms with Gasteiger partial charge in [-0.15, -0.1) is 0 Å². The zero-order valence-electron chi connectivity index (χ0n) is 9.64. The van der Waals surface area contributed by atoms with E-state index in [4.69, 9.17) is 10.5 Å². The molecule has 0 aromatic heterocycles. The number of carbonyl (C=O) groups is 1. The zero-order valence-corrected chi connectivity index (χ0v) is 9.64. The van der Waals surface area contributed by atoms with E-state index in [9.17, 15) is 9.90 Å². The lowest BCUT2D eigenvalue weighted by molar-refractivity contribution is -0.122. The Morgan fingerprint density at radius 3 is 3.06 bits per heavy atom. The van der Waals surface area contributed by atoms with Gasteiger partial charge in [0.1, 0.15) is 5.75 Å². The first-order chi connectivity index (χ1) is 8.11. The molecule has 0 bridgehead atoms. The van der Waals surface area contributed by atoms with Gasteiger partial charge in [-0.25, -0.2) is 0 Å². The van der Waals surface area contributed by atoms with Crippen LogP contribution in [0, 0.1) is 0 Å². The molecule has 1 aliphatic heterocycles. The summed E-state index contributed by atoms with van der Waals surface area (Å²) in [7, 11) is 0. The van der Waals surface area contributed by atoms with Gasteiger partial charge in [0.25, 0.3) is 5.91 Å². The molecule has 2 rings (SSSR count). The first kappa shape index (κ1) is 11.9. The maximum absolute atomic E-state index is 11.4. The number of benzene rings is 1. The third-order valence-electron chi connectivity index (χ3n) is 2.76. The molecule has 0 spiro atoms. The number of anilines is 1. The van der Waals surface area contributed by atoms with Crippen molar-refractivity contribution in [2.75, 3.05) is 11.9 Å². The largest absolute Gasteiger partial charge is 0.479 e. The highest BCUT2D eigenvalue weighted by atomic mass is 16.5. The van der Waals surface area contributed by atoms with Gasteiger partial charge >= 0.3 is 0 Å². The second-order valence-corrected chi connectivity index (χ2v) is 4.10. The highest BCUT2D eigenvalue weighted by Gasteiger charge is 2.24. The highest BCUT2D eigenvalue weighted by Crippen LogP contribution is 2.32. The Balaban J connectivity index is 2.25. The van der Waals surface area contributed by atoms with E-state index in [1.54, 1.807) is 25.1 Å². The van der Waals surface area contributed by atoms with Crippen molar-refractivity contribution in [2.24, 2.45) is 5.73 Å². The Bertz CT molecular complexity index is 434. The van der Waals surface area contributed by atoms with Gasteiger partial charge in [-0.2, -0.15) is 0 Å². The Morgan fingerprint density at radius 1 is 1.59 bits per heavy atom. The molecule has 2 unspecified atom stereocenters. The maximum atomic E-state index is 11.4. The lowest BCUT2D eigenvalue weighted by Crippen LogP contribution is -2.34. The maximum Gasteiger partial charge on any atom is 0.265 e. The van der Waals surface area contributed by atoms with Crippen molar-refractivity contribution in [3.63, 3.8) is 0 Å². The van der Waals surface area contributed by atoms with Gasteiger partial charge in [0, 0.05) is 0 Å².